The van der Waals surface area contributed by atoms with Gasteiger partial charge in [0.1, 0.15) is 5.75 Å². The molecule has 1 saturated heterocycles. The molecule has 4 aromatic rings. The van der Waals surface area contributed by atoms with E-state index in [0.717, 1.165) is 85.6 Å². The standard InChI is InChI=1S/C46H54N2O4/c1-33-10-9-24-45(2)41(23-25-46(45,51)32-47-26-28-48(29-27-47)42-13-7-8-14-43(42)52-3)39-22-16-34(30-38(49)21-15-33)31-40(39)44(50)37-19-17-36(18-20-37)35-11-5-4-6-12-35/h4-8,10-14,16-20,22,31,38,41,49,51H,9,15,21,23-30,32H2,1-3H3/t38-,41-,45-,46+/m0/s1. The molecule has 4 aromatic carbocycles. The summed E-state index contributed by atoms with van der Waals surface area (Å²) in [5, 5.41) is 23.9. The number of rotatable bonds is 7. The van der Waals surface area contributed by atoms with Crippen LogP contribution in [-0.2, 0) is 6.42 Å². The number of β-amino-alcohol motifs (C(OH)–C–C–N with tert-alkyl or cyclic N) is 1. The van der Waals surface area contributed by atoms with E-state index in [-0.39, 0.29) is 11.7 Å². The number of para-hydroxylation sites is 2. The summed E-state index contributed by atoms with van der Waals surface area (Å²) < 4.78 is 5.66. The van der Waals surface area contributed by atoms with Gasteiger partial charge in [0.25, 0.3) is 0 Å². The van der Waals surface area contributed by atoms with Crippen LogP contribution in [0.2, 0.25) is 0 Å². The Labute approximate surface area is 309 Å². The van der Waals surface area contributed by atoms with Gasteiger partial charge in [-0.2, -0.15) is 0 Å². The minimum Gasteiger partial charge on any atom is -0.495 e. The van der Waals surface area contributed by atoms with Crippen LogP contribution in [0.15, 0.2) is 109 Å². The average molecular weight is 699 g/mol. The van der Waals surface area contributed by atoms with Gasteiger partial charge in [-0.15, -0.1) is 0 Å². The number of allylic oxidation sites excluding steroid dienone is 2. The fourth-order valence-corrected chi connectivity index (χ4v) is 9.20. The van der Waals surface area contributed by atoms with Crippen molar-refractivity contribution < 1.29 is 19.7 Å². The van der Waals surface area contributed by atoms with Crippen molar-refractivity contribution in [3.05, 3.63) is 131 Å². The Bertz CT molecular complexity index is 1880. The maximum atomic E-state index is 14.6. The van der Waals surface area contributed by atoms with Gasteiger partial charge < -0.3 is 19.8 Å². The highest BCUT2D eigenvalue weighted by Gasteiger charge is 2.57. The zero-order chi connectivity index (χ0) is 36.3. The highest BCUT2D eigenvalue weighted by molar-refractivity contribution is 6.10. The molecule has 0 aromatic heterocycles. The molecule has 2 N–H and O–H groups in total. The second-order valence-electron chi connectivity index (χ2n) is 15.7. The van der Waals surface area contributed by atoms with E-state index in [9.17, 15) is 15.0 Å². The van der Waals surface area contributed by atoms with Gasteiger partial charge in [0.15, 0.2) is 5.78 Å². The average Bonchev–Trinajstić information content (AvgIpc) is 3.42. The van der Waals surface area contributed by atoms with E-state index >= 15 is 0 Å². The van der Waals surface area contributed by atoms with Crippen LogP contribution in [0.1, 0.15) is 85.3 Å². The number of methoxy groups -OCH3 is 1. The van der Waals surface area contributed by atoms with Gasteiger partial charge in [-0.3, -0.25) is 9.69 Å². The number of benzene rings is 4. The Morgan fingerprint density at radius 1 is 0.865 bits per heavy atom. The summed E-state index contributed by atoms with van der Waals surface area (Å²) in [6, 6.07) is 32.7. The molecule has 0 spiro atoms. The lowest BCUT2D eigenvalue weighted by atomic mass is 9.64. The first-order valence-corrected chi connectivity index (χ1v) is 19.2. The zero-order valence-corrected chi connectivity index (χ0v) is 31.1. The lowest BCUT2D eigenvalue weighted by Crippen LogP contribution is -2.56. The van der Waals surface area contributed by atoms with Crippen LogP contribution >= 0.6 is 0 Å². The van der Waals surface area contributed by atoms with Gasteiger partial charge in [0, 0.05) is 49.3 Å². The van der Waals surface area contributed by atoms with Gasteiger partial charge in [-0.05, 0) is 98.2 Å². The second-order valence-corrected chi connectivity index (χ2v) is 15.7. The molecule has 4 atom stereocenters. The normalized spacial score (nSPS) is 25.6. The van der Waals surface area contributed by atoms with Gasteiger partial charge in [-0.25, -0.2) is 0 Å². The van der Waals surface area contributed by atoms with Crippen molar-refractivity contribution in [2.45, 2.75) is 76.4 Å². The van der Waals surface area contributed by atoms with Gasteiger partial charge >= 0.3 is 0 Å². The van der Waals surface area contributed by atoms with Gasteiger partial charge in [0.05, 0.1) is 24.5 Å². The summed E-state index contributed by atoms with van der Waals surface area (Å²) >= 11 is 0. The molecule has 0 radical (unpaired) electrons. The lowest BCUT2D eigenvalue weighted by Gasteiger charge is -2.47. The van der Waals surface area contributed by atoms with E-state index in [1.165, 1.54) is 5.57 Å². The number of aliphatic hydroxyl groups is 2. The Morgan fingerprint density at radius 3 is 2.33 bits per heavy atom. The summed E-state index contributed by atoms with van der Waals surface area (Å²) in [4.78, 5) is 19.4. The van der Waals surface area contributed by atoms with Crippen LogP contribution in [-0.4, -0.2) is 72.4 Å². The molecule has 2 bridgehead atoms. The number of hydrogen-bond acceptors (Lipinski definition) is 6. The molecule has 8 rings (SSSR count). The number of nitrogens with zero attached hydrogens (tertiary/aromatic N) is 2. The molecule has 1 heterocycles. The topological polar surface area (TPSA) is 73.2 Å². The van der Waals surface area contributed by atoms with Crippen LogP contribution in [0.3, 0.4) is 0 Å². The molecule has 4 aliphatic rings. The summed E-state index contributed by atoms with van der Waals surface area (Å²) in [7, 11) is 1.72. The Kier molecular flexibility index (Phi) is 10.7. The van der Waals surface area contributed by atoms with Crippen LogP contribution in [0.25, 0.3) is 11.1 Å². The summed E-state index contributed by atoms with van der Waals surface area (Å²) in [6.45, 7) is 8.51. The fourth-order valence-electron chi connectivity index (χ4n) is 9.20. The van der Waals surface area contributed by atoms with Crippen LogP contribution < -0.4 is 9.64 Å². The third-order valence-electron chi connectivity index (χ3n) is 12.5. The van der Waals surface area contributed by atoms with Gasteiger partial charge in [-0.1, -0.05) is 97.4 Å². The molecule has 3 aliphatic carbocycles. The van der Waals surface area contributed by atoms with Crippen molar-refractivity contribution in [2.24, 2.45) is 5.41 Å². The molecule has 6 nitrogen and oxygen atoms in total. The first kappa shape index (κ1) is 36.1. The van der Waals surface area contributed by atoms with E-state index in [1.807, 2.05) is 60.7 Å². The van der Waals surface area contributed by atoms with E-state index < -0.39 is 17.1 Å². The fraction of sp³-hybridized carbons (Fsp3) is 0.413. The maximum absolute atomic E-state index is 14.6. The van der Waals surface area contributed by atoms with Crippen molar-refractivity contribution in [3.8, 4) is 16.9 Å². The van der Waals surface area contributed by atoms with Crippen molar-refractivity contribution in [2.75, 3.05) is 44.7 Å². The maximum Gasteiger partial charge on any atom is 0.193 e. The van der Waals surface area contributed by atoms with Crippen molar-refractivity contribution in [3.63, 3.8) is 0 Å². The molecule has 272 valence electrons. The molecule has 52 heavy (non-hydrogen) atoms. The van der Waals surface area contributed by atoms with Crippen molar-refractivity contribution in [1.82, 2.24) is 4.90 Å². The smallest absolute Gasteiger partial charge is 0.193 e. The van der Waals surface area contributed by atoms with E-state index in [2.05, 4.69) is 66.1 Å². The predicted octanol–water partition coefficient (Wildman–Crippen LogP) is 8.45. The van der Waals surface area contributed by atoms with E-state index in [4.69, 9.17) is 4.74 Å². The number of ether oxygens (including phenoxy) is 1. The minimum absolute atomic E-state index is 0.000891. The Morgan fingerprint density at radius 2 is 1.58 bits per heavy atom. The monoisotopic (exact) mass is 698 g/mol. The molecular formula is C46H54N2O4. The summed E-state index contributed by atoms with van der Waals surface area (Å²) in [6.07, 6.45) is 7.02. The van der Waals surface area contributed by atoms with E-state index in [0.29, 0.717) is 36.9 Å². The minimum atomic E-state index is -0.921. The Balaban J connectivity index is 1.20. The largest absolute Gasteiger partial charge is 0.495 e. The molecular weight excluding hydrogens is 645 g/mol. The quantitative estimate of drug-likeness (QED) is 0.149. The second kappa shape index (κ2) is 15.4. The third kappa shape index (κ3) is 7.34. The number of aliphatic hydroxyl groups excluding tert-OH is 1. The summed E-state index contributed by atoms with van der Waals surface area (Å²) in [5.41, 5.74) is 6.57. The predicted molar refractivity (Wildman–Crippen MR) is 210 cm³/mol. The number of carbonyl (C=O) groups excluding carboxylic acids is 1. The van der Waals surface area contributed by atoms with Crippen LogP contribution in [0, 0.1) is 5.41 Å². The van der Waals surface area contributed by atoms with Gasteiger partial charge in [0.2, 0.25) is 0 Å². The lowest BCUT2D eigenvalue weighted by molar-refractivity contribution is -0.0841. The Hall–Kier alpha value is -4.23. The third-order valence-corrected chi connectivity index (χ3v) is 12.5. The molecule has 0 amide bonds. The molecule has 2 fully saturated rings. The molecule has 1 aliphatic heterocycles. The highest BCUT2D eigenvalue weighted by Crippen LogP contribution is 2.59. The van der Waals surface area contributed by atoms with E-state index in [1.54, 1.807) is 7.11 Å². The number of carbonyl (C=O) groups is 1. The summed E-state index contributed by atoms with van der Waals surface area (Å²) in [5.74, 6) is 0.895. The van der Waals surface area contributed by atoms with Crippen LogP contribution in [0.4, 0.5) is 5.69 Å². The molecule has 0 unspecified atom stereocenters. The van der Waals surface area contributed by atoms with Crippen molar-refractivity contribution >= 4 is 11.5 Å². The number of ketones is 1. The first-order valence-electron chi connectivity index (χ1n) is 19.2. The number of piperazine rings is 1. The highest BCUT2D eigenvalue weighted by atomic mass is 16.5. The SMILES string of the molecule is COc1ccccc1N1CCN(C[C@]2(O)CC[C@H]3c4ccc(cc4C(=O)c4ccc(-c5ccccc5)cc4)C[C@@H](O)CCC(C)=CCC[C@@]32C)CC1. The molecule has 1 saturated carbocycles. The van der Waals surface area contributed by atoms with Crippen LogP contribution in [0.5, 0.6) is 5.75 Å². The zero-order valence-electron chi connectivity index (χ0n) is 31.1. The number of hydrogen-bond donors (Lipinski definition) is 2. The number of fused-ring (bicyclic) bond motifs is 8. The molecule has 6 heteroatoms. The first-order chi connectivity index (χ1) is 25.2. The van der Waals surface area contributed by atoms with Crippen molar-refractivity contribution in [1.29, 1.82) is 0 Å². The number of anilines is 1.